The molecule has 0 radical (unpaired) electrons. The van der Waals surface area contributed by atoms with Gasteiger partial charge in [0, 0.05) is 19.1 Å². The molecule has 1 atom stereocenters. The first kappa shape index (κ1) is 17.9. The van der Waals surface area contributed by atoms with Crippen LogP contribution < -0.4 is 0 Å². The van der Waals surface area contributed by atoms with Gasteiger partial charge in [-0.2, -0.15) is 0 Å². The van der Waals surface area contributed by atoms with Gasteiger partial charge in [0.15, 0.2) is 0 Å². The van der Waals surface area contributed by atoms with E-state index in [1.165, 1.54) is 12.8 Å². The minimum Gasteiger partial charge on any atom is -0.336 e. The lowest BCUT2D eigenvalue weighted by molar-refractivity contribution is -0.149. The average molecular weight is 343 g/mol. The van der Waals surface area contributed by atoms with Crippen molar-refractivity contribution in [3.8, 4) is 0 Å². The fourth-order valence-corrected chi connectivity index (χ4v) is 4.15. The number of carbonyl (C=O) groups is 2. The SMILES string of the molecule is Cc1cccc([C@@H](C(=O)N2CCN(C3CCCC3)C(=O)C2)N(C)C)c1. The van der Waals surface area contributed by atoms with Gasteiger partial charge in [-0.3, -0.25) is 14.5 Å². The summed E-state index contributed by atoms with van der Waals surface area (Å²) in [6.45, 7) is 3.55. The number of aryl methyl sites for hydroxylation is 1. The quantitative estimate of drug-likeness (QED) is 0.842. The third-order valence-electron chi connectivity index (χ3n) is 5.44. The number of carbonyl (C=O) groups excluding carboxylic acids is 2. The lowest BCUT2D eigenvalue weighted by Crippen LogP contribution is -2.56. The Bertz CT molecular complexity index is 638. The molecule has 1 heterocycles. The number of amides is 2. The Balaban J connectivity index is 1.72. The summed E-state index contributed by atoms with van der Waals surface area (Å²) in [4.78, 5) is 31.4. The first-order valence-corrected chi connectivity index (χ1v) is 9.28. The van der Waals surface area contributed by atoms with Crippen LogP contribution in [0.15, 0.2) is 24.3 Å². The molecule has 5 nitrogen and oxygen atoms in total. The first-order valence-electron chi connectivity index (χ1n) is 9.28. The van der Waals surface area contributed by atoms with Crippen LogP contribution in [0.4, 0.5) is 0 Å². The molecule has 3 rings (SSSR count). The second-order valence-corrected chi connectivity index (χ2v) is 7.57. The number of hydrogen-bond acceptors (Lipinski definition) is 3. The molecule has 2 amide bonds. The summed E-state index contributed by atoms with van der Waals surface area (Å²) in [7, 11) is 3.84. The summed E-state index contributed by atoms with van der Waals surface area (Å²) >= 11 is 0. The van der Waals surface area contributed by atoms with Crippen LogP contribution >= 0.6 is 0 Å². The fraction of sp³-hybridized carbons (Fsp3) is 0.600. The van der Waals surface area contributed by atoms with Crippen LogP contribution in [-0.4, -0.2) is 66.3 Å². The molecule has 25 heavy (non-hydrogen) atoms. The Kier molecular flexibility index (Phi) is 5.42. The van der Waals surface area contributed by atoms with Crippen molar-refractivity contribution in [2.45, 2.75) is 44.7 Å². The molecule has 1 saturated heterocycles. The molecule has 1 aliphatic heterocycles. The minimum atomic E-state index is -0.342. The standard InChI is InChI=1S/C20H29N3O2/c1-15-7-6-8-16(13-15)19(21(2)3)20(25)22-11-12-23(18(24)14-22)17-9-4-5-10-17/h6-8,13,17,19H,4-5,9-12,14H2,1-3H3/t19-/m0/s1. The molecule has 0 aromatic heterocycles. The van der Waals surface area contributed by atoms with Crippen molar-refractivity contribution in [3.05, 3.63) is 35.4 Å². The second kappa shape index (κ2) is 7.56. The van der Waals surface area contributed by atoms with Crippen LogP contribution in [0.25, 0.3) is 0 Å². The Morgan fingerprint density at radius 2 is 1.92 bits per heavy atom. The van der Waals surface area contributed by atoms with Crippen molar-refractivity contribution in [2.75, 3.05) is 33.7 Å². The molecule has 0 N–H and O–H groups in total. The van der Waals surface area contributed by atoms with E-state index in [0.717, 1.165) is 24.0 Å². The van der Waals surface area contributed by atoms with E-state index in [9.17, 15) is 9.59 Å². The van der Waals surface area contributed by atoms with Gasteiger partial charge in [-0.25, -0.2) is 0 Å². The highest BCUT2D eigenvalue weighted by molar-refractivity contribution is 5.89. The number of rotatable bonds is 4. The summed E-state index contributed by atoms with van der Waals surface area (Å²) in [5.41, 5.74) is 2.12. The monoisotopic (exact) mass is 343 g/mol. The predicted molar refractivity (Wildman–Crippen MR) is 98.2 cm³/mol. The van der Waals surface area contributed by atoms with E-state index < -0.39 is 0 Å². The van der Waals surface area contributed by atoms with Gasteiger partial charge in [0.05, 0.1) is 6.54 Å². The van der Waals surface area contributed by atoms with Crippen molar-refractivity contribution in [2.24, 2.45) is 0 Å². The molecule has 2 fully saturated rings. The fourth-order valence-electron chi connectivity index (χ4n) is 4.15. The van der Waals surface area contributed by atoms with E-state index in [4.69, 9.17) is 0 Å². The molecule has 1 aliphatic carbocycles. The molecule has 1 aromatic carbocycles. The summed E-state index contributed by atoms with van der Waals surface area (Å²) in [6, 6.07) is 8.12. The third kappa shape index (κ3) is 3.87. The van der Waals surface area contributed by atoms with Gasteiger partial charge in [-0.1, -0.05) is 42.7 Å². The van der Waals surface area contributed by atoms with Crippen molar-refractivity contribution in [3.63, 3.8) is 0 Å². The predicted octanol–water partition coefficient (Wildman–Crippen LogP) is 2.21. The Labute approximate surface area is 150 Å². The smallest absolute Gasteiger partial charge is 0.245 e. The van der Waals surface area contributed by atoms with Crippen molar-refractivity contribution in [1.29, 1.82) is 0 Å². The van der Waals surface area contributed by atoms with Gasteiger partial charge in [0.25, 0.3) is 0 Å². The van der Waals surface area contributed by atoms with Crippen LogP contribution in [0.1, 0.15) is 42.9 Å². The van der Waals surface area contributed by atoms with E-state index in [1.807, 2.05) is 49.0 Å². The van der Waals surface area contributed by atoms with Crippen molar-refractivity contribution < 1.29 is 9.59 Å². The zero-order valence-electron chi connectivity index (χ0n) is 15.6. The largest absolute Gasteiger partial charge is 0.336 e. The van der Waals surface area contributed by atoms with E-state index in [2.05, 4.69) is 6.07 Å². The molecule has 136 valence electrons. The van der Waals surface area contributed by atoms with E-state index in [-0.39, 0.29) is 24.4 Å². The highest BCUT2D eigenvalue weighted by atomic mass is 16.2. The maximum Gasteiger partial charge on any atom is 0.245 e. The summed E-state index contributed by atoms with van der Waals surface area (Å²) < 4.78 is 0. The highest BCUT2D eigenvalue weighted by Gasteiger charge is 2.36. The Morgan fingerprint density at radius 3 is 2.52 bits per heavy atom. The van der Waals surface area contributed by atoms with Gasteiger partial charge in [0.1, 0.15) is 6.04 Å². The Hall–Kier alpha value is -1.88. The molecular weight excluding hydrogens is 314 g/mol. The lowest BCUT2D eigenvalue weighted by Gasteiger charge is -2.39. The second-order valence-electron chi connectivity index (χ2n) is 7.57. The van der Waals surface area contributed by atoms with Crippen LogP contribution in [-0.2, 0) is 9.59 Å². The summed E-state index contributed by atoms with van der Waals surface area (Å²) in [5.74, 6) is 0.128. The Morgan fingerprint density at radius 1 is 1.20 bits per heavy atom. The van der Waals surface area contributed by atoms with E-state index in [0.29, 0.717) is 19.1 Å². The molecule has 0 bridgehead atoms. The lowest BCUT2D eigenvalue weighted by atomic mass is 10.0. The molecular formula is C20H29N3O2. The van der Waals surface area contributed by atoms with Gasteiger partial charge in [-0.15, -0.1) is 0 Å². The number of likely N-dealkylation sites (N-methyl/N-ethyl adjacent to an activating group) is 1. The number of benzene rings is 1. The van der Waals surface area contributed by atoms with Gasteiger partial charge < -0.3 is 9.80 Å². The maximum absolute atomic E-state index is 13.1. The average Bonchev–Trinajstić information content (AvgIpc) is 3.08. The van der Waals surface area contributed by atoms with Crippen molar-refractivity contribution >= 4 is 11.8 Å². The van der Waals surface area contributed by atoms with Gasteiger partial charge in [0.2, 0.25) is 11.8 Å². The van der Waals surface area contributed by atoms with E-state index in [1.54, 1.807) is 4.90 Å². The van der Waals surface area contributed by atoms with Crippen LogP contribution in [0.5, 0.6) is 0 Å². The zero-order chi connectivity index (χ0) is 18.0. The van der Waals surface area contributed by atoms with Crippen LogP contribution in [0, 0.1) is 6.92 Å². The molecule has 1 aromatic rings. The highest BCUT2D eigenvalue weighted by Crippen LogP contribution is 2.27. The third-order valence-corrected chi connectivity index (χ3v) is 5.44. The van der Waals surface area contributed by atoms with Gasteiger partial charge >= 0.3 is 0 Å². The van der Waals surface area contributed by atoms with Gasteiger partial charge in [-0.05, 0) is 39.4 Å². The molecule has 0 spiro atoms. The normalized spacial score (nSPS) is 20.4. The molecule has 0 unspecified atom stereocenters. The minimum absolute atomic E-state index is 0.0232. The number of nitrogens with zero attached hydrogens (tertiary/aromatic N) is 3. The molecule has 2 aliphatic rings. The van der Waals surface area contributed by atoms with Crippen LogP contribution in [0.2, 0.25) is 0 Å². The molecule has 5 heteroatoms. The van der Waals surface area contributed by atoms with Crippen LogP contribution in [0.3, 0.4) is 0 Å². The number of hydrogen-bond donors (Lipinski definition) is 0. The summed E-state index contributed by atoms with van der Waals surface area (Å²) in [6.07, 6.45) is 4.66. The maximum atomic E-state index is 13.1. The van der Waals surface area contributed by atoms with E-state index >= 15 is 0 Å². The topological polar surface area (TPSA) is 43.9 Å². The first-order chi connectivity index (χ1) is 12.0. The number of piperazine rings is 1. The summed E-state index contributed by atoms with van der Waals surface area (Å²) in [5, 5.41) is 0. The zero-order valence-corrected chi connectivity index (χ0v) is 15.6. The van der Waals surface area contributed by atoms with Crippen molar-refractivity contribution in [1.82, 2.24) is 14.7 Å². The molecule has 1 saturated carbocycles.